The van der Waals surface area contributed by atoms with E-state index in [0.29, 0.717) is 17.3 Å². The van der Waals surface area contributed by atoms with Crippen LogP contribution in [0.15, 0.2) is 30.4 Å². The number of nitrogens with one attached hydrogen (secondary N) is 1. The van der Waals surface area contributed by atoms with Gasteiger partial charge in [-0.2, -0.15) is 0 Å². The van der Waals surface area contributed by atoms with Crippen LogP contribution in [0, 0.1) is 0 Å². The summed E-state index contributed by atoms with van der Waals surface area (Å²) in [7, 11) is 0. The van der Waals surface area contributed by atoms with Gasteiger partial charge in [0.25, 0.3) is 0 Å². The van der Waals surface area contributed by atoms with Crippen LogP contribution in [0.3, 0.4) is 0 Å². The number of benzene rings is 1. The van der Waals surface area contributed by atoms with Gasteiger partial charge in [-0.3, -0.25) is 0 Å². The zero-order chi connectivity index (χ0) is 9.84. The van der Waals surface area contributed by atoms with E-state index in [-0.39, 0.29) is 0 Å². The summed E-state index contributed by atoms with van der Waals surface area (Å²) in [5, 5.41) is 3.82. The molecule has 0 radical (unpaired) electrons. The van der Waals surface area contributed by atoms with E-state index >= 15 is 0 Å². The van der Waals surface area contributed by atoms with Crippen molar-refractivity contribution < 1.29 is 0 Å². The molecule has 0 fully saturated rings. The van der Waals surface area contributed by atoms with E-state index in [2.05, 4.69) is 11.9 Å². The maximum Gasteiger partial charge on any atom is 0.0591 e. The van der Waals surface area contributed by atoms with Crippen molar-refractivity contribution in [2.45, 2.75) is 6.92 Å². The van der Waals surface area contributed by atoms with E-state index in [9.17, 15) is 0 Å². The van der Waals surface area contributed by atoms with Crippen molar-refractivity contribution in [1.29, 1.82) is 0 Å². The summed E-state index contributed by atoms with van der Waals surface area (Å²) in [5.74, 6) is 0. The van der Waals surface area contributed by atoms with E-state index in [1.54, 1.807) is 18.2 Å². The molecule has 3 N–H and O–H groups in total. The molecule has 0 amide bonds. The molecule has 70 valence electrons. The normalized spacial score (nSPS) is 9.69. The number of anilines is 2. The van der Waals surface area contributed by atoms with Gasteiger partial charge in [0, 0.05) is 11.6 Å². The molecule has 0 bridgehead atoms. The molecular formula is C10H13ClN2. The minimum Gasteiger partial charge on any atom is -0.397 e. The number of nitrogens with two attached hydrogens (primary N) is 1. The van der Waals surface area contributed by atoms with Gasteiger partial charge in [-0.05, 0) is 25.1 Å². The lowest BCUT2D eigenvalue weighted by molar-refractivity contribution is 1.22. The first-order valence-electron chi connectivity index (χ1n) is 4.03. The molecule has 0 saturated heterocycles. The first-order chi connectivity index (χ1) is 6.09. The SMILES string of the molecule is C=C(C)CNc1cc(Cl)ccc1N. The molecule has 0 aliphatic heterocycles. The highest BCUT2D eigenvalue weighted by Crippen LogP contribution is 2.22. The molecule has 1 aromatic carbocycles. The summed E-state index contributed by atoms with van der Waals surface area (Å²) in [6.07, 6.45) is 0. The van der Waals surface area contributed by atoms with Crippen LogP contribution in [0.2, 0.25) is 5.02 Å². The average molecular weight is 197 g/mol. The standard InChI is InChI=1S/C10H13ClN2/c1-7(2)6-13-10-5-8(11)3-4-9(10)12/h3-5,13H,1,6,12H2,2H3. The van der Waals surface area contributed by atoms with Crippen molar-refractivity contribution in [3.63, 3.8) is 0 Å². The van der Waals surface area contributed by atoms with Crippen molar-refractivity contribution in [2.75, 3.05) is 17.6 Å². The van der Waals surface area contributed by atoms with Gasteiger partial charge >= 0.3 is 0 Å². The van der Waals surface area contributed by atoms with Crippen molar-refractivity contribution in [3.8, 4) is 0 Å². The Labute approximate surface area is 83.4 Å². The van der Waals surface area contributed by atoms with E-state index in [0.717, 1.165) is 11.3 Å². The predicted molar refractivity (Wildman–Crippen MR) is 59.2 cm³/mol. The van der Waals surface area contributed by atoms with Gasteiger partial charge in [0.15, 0.2) is 0 Å². The van der Waals surface area contributed by atoms with E-state index in [1.165, 1.54) is 0 Å². The lowest BCUT2D eigenvalue weighted by Gasteiger charge is -2.08. The summed E-state index contributed by atoms with van der Waals surface area (Å²) >= 11 is 5.81. The average Bonchev–Trinajstić information content (AvgIpc) is 2.06. The fourth-order valence-electron chi connectivity index (χ4n) is 0.928. The zero-order valence-electron chi connectivity index (χ0n) is 7.60. The summed E-state index contributed by atoms with van der Waals surface area (Å²) < 4.78 is 0. The van der Waals surface area contributed by atoms with Crippen LogP contribution in [0.4, 0.5) is 11.4 Å². The third-order valence-corrected chi connectivity index (χ3v) is 1.83. The molecule has 1 rings (SSSR count). The smallest absolute Gasteiger partial charge is 0.0591 e. The number of hydrogen-bond acceptors (Lipinski definition) is 2. The van der Waals surface area contributed by atoms with Gasteiger partial charge in [0.2, 0.25) is 0 Å². The summed E-state index contributed by atoms with van der Waals surface area (Å²) in [6, 6.07) is 5.35. The van der Waals surface area contributed by atoms with Crippen LogP contribution in [0.5, 0.6) is 0 Å². The number of hydrogen-bond donors (Lipinski definition) is 2. The lowest BCUT2D eigenvalue weighted by atomic mass is 10.2. The molecule has 0 aliphatic rings. The van der Waals surface area contributed by atoms with Gasteiger partial charge in [-0.1, -0.05) is 23.8 Å². The highest BCUT2D eigenvalue weighted by molar-refractivity contribution is 6.31. The predicted octanol–water partition coefficient (Wildman–Crippen LogP) is 2.91. The highest BCUT2D eigenvalue weighted by atomic mass is 35.5. The highest BCUT2D eigenvalue weighted by Gasteiger charge is 1.98. The largest absolute Gasteiger partial charge is 0.397 e. The number of nitrogen functional groups attached to an aromatic ring is 1. The third-order valence-electron chi connectivity index (χ3n) is 1.60. The first kappa shape index (κ1) is 9.93. The Morgan fingerprint density at radius 1 is 1.62 bits per heavy atom. The minimum atomic E-state index is 0.679. The quantitative estimate of drug-likeness (QED) is 0.576. The van der Waals surface area contributed by atoms with Crippen LogP contribution in [0.1, 0.15) is 6.92 Å². The van der Waals surface area contributed by atoms with Gasteiger partial charge in [0.05, 0.1) is 11.4 Å². The third kappa shape index (κ3) is 2.99. The Balaban J connectivity index is 2.75. The Morgan fingerprint density at radius 2 is 2.31 bits per heavy atom. The van der Waals surface area contributed by atoms with Crippen molar-refractivity contribution in [2.24, 2.45) is 0 Å². The first-order valence-corrected chi connectivity index (χ1v) is 4.40. The second-order valence-corrected chi connectivity index (χ2v) is 3.48. The molecule has 0 aliphatic carbocycles. The summed E-state index contributed by atoms with van der Waals surface area (Å²) in [4.78, 5) is 0. The van der Waals surface area contributed by atoms with Gasteiger partial charge in [-0.25, -0.2) is 0 Å². The lowest BCUT2D eigenvalue weighted by Crippen LogP contribution is -2.04. The molecule has 0 atom stereocenters. The topological polar surface area (TPSA) is 38.0 Å². The van der Waals surface area contributed by atoms with E-state index < -0.39 is 0 Å². The Hall–Kier alpha value is -1.15. The molecule has 0 spiro atoms. The Morgan fingerprint density at radius 3 is 2.92 bits per heavy atom. The van der Waals surface area contributed by atoms with Gasteiger partial charge < -0.3 is 11.1 Å². The summed E-state index contributed by atoms with van der Waals surface area (Å²) in [5.41, 5.74) is 8.34. The van der Waals surface area contributed by atoms with Crippen LogP contribution < -0.4 is 11.1 Å². The van der Waals surface area contributed by atoms with E-state index in [1.807, 2.05) is 6.92 Å². The van der Waals surface area contributed by atoms with Crippen molar-refractivity contribution >= 4 is 23.0 Å². The molecule has 0 heterocycles. The van der Waals surface area contributed by atoms with Crippen LogP contribution in [-0.2, 0) is 0 Å². The maximum atomic E-state index is 5.81. The molecule has 3 heteroatoms. The Bertz CT molecular complexity index is 321. The fraction of sp³-hybridized carbons (Fsp3) is 0.200. The second-order valence-electron chi connectivity index (χ2n) is 3.04. The molecule has 0 aromatic heterocycles. The van der Waals surface area contributed by atoms with Crippen molar-refractivity contribution in [1.82, 2.24) is 0 Å². The number of rotatable bonds is 3. The minimum absolute atomic E-state index is 0.679. The van der Waals surface area contributed by atoms with Crippen LogP contribution >= 0.6 is 11.6 Å². The maximum absolute atomic E-state index is 5.81. The molecule has 0 unspecified atom stereocenters. The van der Waals surface area contributed by atoms with E-state index in [4.69, 9.17) is 17.3 Å². The summed E-state index contributed by atoms with van der Waals surface area (Å²) in [6.45, 7) is 6.45. The zero-order valence-corrected chi connectivity index (χ0v) is 8.36. The Kier molecular flexibility index (Phi) is 3.20. The fourth-order valence-corrected chi connectivity index (χ4v) is 1.10. The molecular weight excluding hydrogens is 184 g/mol. The van der Waals surface area contributed by atoms with Crippen LogP contribution in [-0.4, -0.2) is 6.54 Å². The van der Waals surface area contributed by atoms with Gasteiger partial charge in [-0.15, -0.1) is 0 Å². The monoisotopic (exact) mass is 196 g/mol. The van der Waals surface area contributed by atoms with Crippen LogP contribution in [0.25, 0.3) is 0 Å². The van der Waals surface area contributed by atoms with Gasteiger partial charge in [0.1, 0.15) is 0 Å². The molecule has 2 nitrogen and oxygen atoms in total. The molecule has 0 saturated carbocycles. The molecule has 13 heavy (non-hydrogen) atoms. The second kappa shape index (κ2) is 4.19. The van der Waals surface area contributed by atoms with Crippen molar-refractivity contribution in [3.05, 3.63) is 35.4 Å². The number of halogens is 1. The molecule has 1 aromatic rings.